The molecule has 1 aromatic rings. The van der Waals surface area contributed by atoms with Crippen molar-refractivity contribution in [3.8, 4) is 0 Å². The monoisotopic (exact) mass is 357 g/mol. The van der Waals surface area contributed by atoms with Crippen LogP contribution in [0.3, 0.4) is 0 Å². The minimum absolute atomic E-state index is 0.156. The molecular weight excluding hydrogens is 345 g/mol. The minimum Gasteiger partial charge on any atom is -0.321 e. The quantitative estimate of drug-likeness (QED) is 0.793. The fourth-order valence-corrected chi connectivity index (χ4v) is 2.03. The molecule has 0 saturated heterocycles. The number of halogens is 1. The summed E-state index contributed by atoms with van der Waals surface area (Å²) in [6.07, 6.45) is 0.679. The topological polar surface area (TPSA) is 70.6 Å². The third-order valence-electron chi connectivity index (χ3n) is 2.60. The highest BCUT2D eigenvalue weighted by molar-refractivity contribution is 14.1. The van der Waals surface area contributed by atoms with Gasteiger partial charge in [0.2, 0.25) is 5.91 Å². The van der Waals surface area contributed by atoms with Crippen LogP contribution in [0, 0.1) is 10.5 Å². The Morgan fingerprint density at radius 3 is 2.83 bits per heavy atom. The summed E-state index contributed by atoms with van der Waals surface area (Å²) in [6, 6.07) is 5.69. The fourth-order valence-electron chi connectivity index (χ4n) is 1.51. The SMILES string of the molecule is Cc1ccc(NC(=O)C2=NNC(=O)CC2)cc1I. The van der Waals surface area contributed by atoms with E-state index in [-0.39, 0.29) is 11.8 Å². The highest BCUT2D eigenvalue weighted by Gasteiger charge is 2.18. The van der Waals surface area contributed by atoms with Crippen molar-refractivity contribution in [3.05, 3.63) is 27.3 Å². The summed E-state index contributed by atoms with van der Waals surface area (Å²) in [5.41, 5.74) is 4.55. The van der Waals surface area contributed by atoms with Crippen LogP contribution in [0.5, 0.6) is 0 Å². The molecule has 2 rings (SSSR count). The van der Waals surface area contributed by atoms with Gasteiger partial charge in [-0.15, -0.1) is 0 Å². The number of nitrogens with one attached hydrogen (secondary N) is 2. The normalized spacial score (nSPS) is 14.8. The fraction of sp³-hybridized carbons (Fsp3) is 0.250. The molecule has 1 heterocycles. The molecule has 0 aliphatic carbocycles. The third kappa shape index (κ3) is 3.06. The Balaban J connectivity index is 2.07. The molecule has 0 bridgehead atoms. The largest absolute Gasteiger partial charge is 0.321 e. The smallest absolute Gasteiger partial charge is 0.271 e. The lowest BCUT2D eigenvalue weighted by Gasteiger charge is -2.12. The number of carbonyl (C=O) groups is 2. The zero-order valence-electron chi connectivity index (χ0n) is 9.79. The van der Waals surface area contributed by atoms with E-state index in [1.807, 2.05) is 25.1 Å². The summed E-state index contributed by atoms with van der Waals surface area (Å²) in [6.45, 7) is 2.01. The average Bonchev–Trinajstić information content (AvgIpc) is 2.34. The van der Waals surface area contributed by atoms with Crippen LogP contribution in [0.4, 0.5) is 5.69 Å². The molecule has 18 heavy (non-hydrogen) atoms. The van der Waals surface area contributed by atoms with Crippen molar-refractivity contribution in [1.82, 2.24) is 5.43 Å². The van der Waals surface area contributed by atoms with Crippen LogP contribution in [0.15, 0.2) is 23.3 Å². The summed E-state index contributed by atoms with van der Waals surface area (Å²) in [5.74, 6) is -0.425. The van der Waals surface area contributed by atoms with Crippen LogP contribution < -0.4 is 10.7 Å². The minimum atomic E-state index is -0.269. The Morgan fingerprint density at radius 1 is 1.44 bits per heavy atom. The molecule has 0 spiro atoms. The molecule has 0 atom stereocenters. The molecule has 1 aliphatic heterocycles. The molecule has 0 fully saturated rings. The van der Waals surface area contributed by atoms with Gasteiger partial charge in [0, 0.05) is 22.1 Å². The number of nitrogens with zero attached hydrogens (tertiary/aromatic N) is 1. The number of amides is 2. The molecule has 2 amide bonds. The molecular formula is C12H12IN3O2. The maximum absolute atomic E-state index is 11.9. The van der Waals surface area contributed by atoms with Gasteiger partial charge >= 0.3 is 0 Å². The summed E-state index contributed by atoms with van der Waals surface area (Å²) in [7, 11) is 0. The van der Waals surface area contributed by atoms with E-state index in [0.29, 0.717) is 18.6 Å². The van der Waals surface area contributed by atoms with Gasteiger partial charge < -0.3 is 5.32 Å². The third-order valence-corrected chi connectivity index (χ3v) is 3.76. The molecule has 1 aromatic carbocycles. The number of rotatable bonds is 2. The van der Waals surface area contributed by atoms with Gasteiger partial charge in [0.25, 0.3) is 5.91 Å². The van der Waals surface area contributed by atoms with Crippen molar-refractivity contribution >= 4 is 45.8 Å². The Labute approximate surface area is 118 Å². The Bertz CT molecular complexity index is 540. The van der Waals surface area contributed by atoms with Crippen LogP contribution in [-0.4, -0.2) is 17.5 Å². The molecule has 1 aliphatic rings. The number of hydrazone groups is 1. The lowest BCUT2D eigenvalue weighted by atomic mass is 10.1. The molecule has 0 aromatic heterocycles. The van der Waals surface area contributed by atoms with Gasteiger partial charge in [-0.2, -0.15) is 5.10 Å². The molecule has 0 radical (unpaired) electrons. The number of hydrogen-bond donors (Lipinski definition) is 2. The first-order valence-corrected chi connectivity index (χ1v) is 6.57. The van der Waals surface area contributed by atoms with Gasteiger partial charge in [0.05, 0.1) is 0 Å². The zero-order valence-corrected chi connectivity index (χ0v) is 11.9. The van der Waals surface area contributed by atoms with E-state index in [0.717, 1.165) is 14.8 Å². The van der Waals surface area contributed by atoms with Gasteiger partial charge in [-0.25, -0.2) is 5.43 Å². The van der Waals surface area contributed by atoms with Gasteiger partial charge in [0.15, 0.2) is 0 Å². The molecule has 5 nitrogen and oxygen atoms in total. The van der Waals surface area contributed by atoms with Crippen molar-refractivity contribution in [2.24, 2.45) is 5.10 Å². The van der Waals surface area contributed by atoms with Crippen molar-refractivity contribution in [2.45, 2.75) is 19.8 Å². The van der Waals surface area contributed by atoms with Gasteiger partial charge in [-0.05, 0) is 47.2 Å². The first kappa shape index (κ1) is 13.0. The summed E-state index contributed by atoms with van der Waals surface area (Å²) >= 11 is 2.22. The van der Waals surface area contributed by atoms with E-state index in [1.165, 1.54) is 0 Å². The number of hydrogen-bond acceptors (Lipinski definition) is 3. The first-order valence-electron chi connectivity index (χ1n) is 5.49. The van der Waals surface area contributed by atoms with Crippen molar-refractivity contribution < 1.29 is 9.59 Å². The van der Waals surface area contributed by atoms with E-state index in [9.17, 15) is 9.59 Å². The second-order valence-corrected chi connectivity index (χ2v) is 5.17. The molecule has 2 N–H and O–H groups in total. The van der Waals surface area contributed by atoms with E-state index in [1.54, 1.807) is 0 Å². The number of carbonyl (C=O) groups excluding carboxylic acids is 2. The van der Waals surface area contributed by atoms with Crippen LogP contribution in [0.2, 0.25) is 0 Å². The van der Waals surface area contributed by atoms with Crippen LogP contribution >= 0.6 is 22.6 Å². The van der Waals surface area contributed by atoms with Crippen LogP contribution in [-0.2, 0) is 9.59 Å². The first-order chi connectivity index (χ1) is 8.56. The molecule has 94 valence electrons. The van der Waals surface area contributed by atoms with E-state index in [2.05, 4.69) is 38.4 Å². The summed E-state index contributed by atoms with van der Waals surface area (Å²) in [4.78, 5) is 22.8. The van der Waals surface area contributed by atoms with Gasteiger partial charge in [0.1, 0.15) is 5.71 Å². The summed E-state index contributed by atoms with van der Waals surface area (Å²) < 4.78 is 1.09. The van der Waals surface area contributed by atoms with E-state index >= 15 is 0 Å². The Hall–Kier alpha value is -1.44. The van der Waals surface area contributed by atoms with Crippen molar-refractivity contribution in [2.75, 3.05) is 5.32 Å². The second kappa shape index (κ2) is 5.47. The highest BCUT2D eigenvalue weighted by atomic mass is 127. The molecule has 6 heteroatoms. The molecule has 0 unspecified atom stereocenters. The zero-order chi connectivity index (χ0) is 13.1. The lowest BCUT2D eigenvalue weighted by Crippen LogP contribution is -2.32. The number of aryl methyl sites for hydroxylation is 1. The Kier molecular flexibility index (Phi) is 3.95. The Morgan fingerprint density at radius 2 is 2.22 bits per heavy atom. The van der Waals surface area contributed by atoms with Crippen LogP contribution in [0.25, 0.3) is 0 Å². The predicted molar refractivity (Wildman–Crippen MR) is 77.3 cm³/mol. The second-order valence-electron chi connectivity index (χ2n) is 4.01. The summed E-state index contributed by atoms with van der Waals surface area (Å²) in [5, 5.41) is 6.52. The van der Waals surface area contributed by atoms with Crippen molar-refractivity contribution in [3.63, 3.8) is 0 Å². The standard InChI is InChI=1S/C12H12IN3O2/c1-7-2-3-8(6-9(7)13)14-12(18)10-4-5-11(17)16-15-10/h2-3,6H,4-5H2,1H3,(H,14,18)(H,16,17). The average molecular weight is 357 g/mol. The highest BCUT2D eigenvalue weighted by Crippen LogP contribution is 2.17. The predicted octanol–water partition coefficient (Wildman–Crippen LogP) is 1.80. The van der Waals surface area contributed by atoms with Gasteiger partial charge in [-0.3, -0.25) is 9.59 Å². The van der Waals surface area contributed by atoms with Gasteiger partial charge in [-0.1, -0.05) is 6.07 Å². The lowest BCUT2D eigenvalue weighted by molar-refractivity contribution is -0.121. The molecule has 0 saturated carbocycles. The van der Waals surface area contributed by atoms with E-state index < -0.39 is 0 Å². The number of benzene rings is 1. The van der Waals surface area contributed by atoms with Crippen LogP contribution in [0.1, 0.15) is 18.4 Å². The maximum Gasteiger partial charge on any atom is 0.271 e. The number of anilines is 1. The maximum atomic E-state index is 11.9. The van der Waals surface area contributed by atoms with Crippen molar-refractivity contribution in [1.29, 1.82) is 0 Å². The van der Waals surface area contributed by atoms with E-state index in [4.69, 9.17) is 0 Å².